The van der Waals surface area contributed by atoms with E-state index in [-0.39, 0.29) is 23.2 Å². The monoisotopic (exact) mass is 504 g/mol. The lowest BCUT2D eigenvalue weighted by molar-refractivity contribution is -0.244. The van der Waals surface area contributed by atoms with Gasteiger partial charge >= 0.3 is 6.18 Å². The second-order valence-corrected chi connectivity index (χ2v) is 7.51. The van der Waals surface area contributed by atoms with E-state index in [2.05, 4.69) is 9.98 Å². The first-order valence-corrected chi connectivity index (χ1v) is 10.1. The molecule has 1 aromatic heterocycles. The third-order valence-corrected chi connectivity index (χ3v) is 5.19. The summed E-state index contributed by atoms with van der Waals surface area (Å²) in [5.74, 6) is -2.84. The zero-order valence-corrected chi connectivity index (χ0v) is 18.5. The normalized spacial score (nSPS) is 14.3. The Labute approximate surface area is 194 Å². The first kappa shape index (κ1) is 25.6. The molecule has 1 atom stereocenters. The summed E-state index contributed by atoms with van der Waals surface area (Å²) in [5, 5.41) is 10.5. The van der Waals surface area contributed by atoms with Crippen molar-refractivity contribution in [2.75, 3.05) is 20.3 Å². The highest BCUT2D eigenvalue weighted by molar-refractivity contribution is 6.31. The van der Waals surface area contributed by atoms with Gasteiger partial charge in [-0.05, 0) is 31.2 Å². The van der Waals surface area contributed by atoms with Crippen LogP contribution in [0.4, 0.5) is 27.6 Å². The van der Waals surface area contributed by atoms with Gasteiger partial charge in [-0.15, -0.1) is 0 Å². The molecular weight excluding hydrogens is 487 g/mol. The Balaban J connectivity index is 2.45. The lowest BCUT2D eigenvalue weighted by atomic mass is 9.90. The molecule has 0 saturated heterocycles. The minimum absolute atomic E-state index is 0.0554. The van der Waals surface area contributed by atoms with Crippen molar-refractivity contribution in [3.63, 3.8) is 0 Å². The number of aromatic amines is 1. The van der Waals surface area contributed by atoms with Crippen LogP contribution >= 0.6 is 11.6 Å². The maximum atomic E-state index is 14.7. The highest BCUT2D eigenvalue weighted by atomic mass is 35.5. The van der Waals surface area contributed by atoms with Crippen molar-refractivity contribution in [1.29, 1.82) is 0 Å². The Morgan fingerprint density at radius 2 is 1.88 bits per heavy atom. The molecule has 6 nitrogen and oxygen atoms in total. The fourth-order valence-electron chi connectivity index (χ4n) is 3.26. The fourth-order valence-corrected chi connectivity index (χ4v) is 3.41. The van der Waals surface area contributed by atoms with Crippen LogP contribution in [-0.4, -0.2) is 47.9 Å². The second kappa shape index (κ2) is 9.69. The van der Waals surface area contributed by atoms with Crippen molar-refractivity contribution in [2.45, 2.75) is 18.7 Å². The maximum Gasteiger partial charge on any atom is 0.425 e. The highest BCUT2D eigenvalue weighted by Gasteiger charge is 2.58. The van der Waals surface area contributed by atoms with E-state index in [9.17, 15) is 31.9 Å². The van der Waals surface area contributed by atoms with Crippen LogP contribution in [0.3, 0.4) is 0 Å². The number of aliphatic hydroxyl groups is 1. The van der Waals surface area contributed by atoms with Crippen LogP contribution in [0, 0.1) is 11.6 Å². The SMILES string of the molecule is CCOCC(O)(/C(=N\c1cc(F)cc2[nH]c(=O)ccc12)c1ccc(Cl)c(F)c1OC)C(F)(F)F. The third-order valence-electron chi connectivity index (χ3n) is 4.90. The number of alkyl halides is 3. The Hall–Kier alpha value is -3.02. The van der Waals surface area contributed by atoms with E-state index in [0.29, 0.717) is 0 Å². The minimum Gasteiger partial charge on any atom is -0.493 e. The van der Waals surface area contributed by atoms with Crippen LogP contribution in [0.25, 0.3) is 10.9 Å². The topological polar surface area (TPSA) is 83.9 Å². The van der Waals surface area contributed by atoms with E-state index in [1.54, 1.807) is 0 Å². The van der Waals surface area contributed by atoms with Crippen LogP contribution in [0.5, 0.6) is 5.75 Å². The number of methoxy groups -OCH3 is 1. The van der Waals surface area contributed by atoms with Crippen molar-refractivity contribution in [1.82, 2.24) is 4.98 Å². The zero-order valence-electron chi connectivity index (χ0n) is 17.8. The molecule has 2 aromatic carbocycles. The van der Waals surface area contributed by atoms with Gasteiger partial charge in [0.2, 0.25) is 11.2 Å². The molecule has 0 saturated carbocycles. The number of ether oxygens (including phenoxy) is 2. The number of H-pyrrole nitrogens is 1. The van der Waals surface area contributed by atoms with E-state index in [1.165, 1.54) is 13.0 Å². The van der Waals surface area contributed by atoms with Gasteiger partial charge in [-0.1, -0.05) is 11.6 Å². The molecule has 0 aliphatic rings. The van der Waals surface area contributed by atoms with Crippen LogP contribution in [0.1, 0.15) is 12.5 Å². The van der Waals surface area contributed by atoms with Crippen LogP contribution in [-0.2, 0) is 4.74 Å². The number of aromatic nitrogens is 1. The average molecular weight is 505 g/mol. The minimum atomic E-state index is -5.36. The summed E-state index contributed by atoms with van der Waals surface area (Å²) in [4.78, 5) is 17.9. The molecule has 12 heteroatoms. The Morgan fingerprint density at radius 3 is 2.50 bits per heavy atom. The molecule has 3 rings (SSSR count). The van der Waals surface area contributed by atoms with Crippen molar-refractivity contribution in [3.05, 3.63) is 69.0 Å². The quantitative estimate of drug-likeness (QED) is 0.353. The number of hydrogen-bond acceptors (Lipinski definition) is 5. The van der Waals surface area contributed by atoms with Gasteiger partial charge in [-0.25, -0.2) is 13.8 Å². The predicted molar refractivity (Wildman–Crippen MR) is 116 cm³/mol. The number of pyridine rings is 1. The van der Waals surface area contributed by atoms with Crippen molar-refractivity contribution in [3.8, 4) is 5.75 Å². The molecule has 34 heavy (non-hydrogen) atoms. The van der Waals surface area contributed by atoms with Crippen molar-refractivity contribution >= 4 is 33.9 Å². The molecular formula is C22H18ClF5N2O4. The second-order valence-electron chi connectivity index (χ2n) is 7.11. The molecule has 1 unspecified atom stereocenters. The number of aliphatic imine (C=N–C) groups is 1. The fraction of sp³-hybridized carbons (Fsp3) is 0.273. The number of rotatable bonds is 7. The molecule has 0 bridgehead atoms. The molecule has 0 radical (unpaired) electrons. The van der Waals surface area contributed by atoms with E-state index < -0.39 is 57.6 Å². The molecule has 0 spiro atoms. The first-order valence-electron chi connectivity index (χ1n) is 9.74. The summed E-state index contributed by atoms with van der Waals surface area (Å²) >= 11 is 5.74. The average Bonchev–Trinajstić information content (AvgIpc) is 2.76. The van der Waals surface area contributed by atoms with Crippen LogP contribution in [0.15, 0.2) is 46.2 Å². The van der Waals surface area contributed by atoms with Crippen molar-refractivity contribution in [2.24, 2.45) is 4.99 Å². The molecule has 1 heterocycles. The highest BCUT2D eigenvalue weighted by Crippen LogP contribution is 2.40. The summed E-state index contributed by atoms with van der Waals surface area (Å²) < 4.78 is 81.5. The van der Waals surface area contributed by atoms with Gasteiger partial charge in [-0.2, -0.15) is 13.2 Å². The lowest BCUT2D eigenvalue weighted by Crippen LogP contribution is -2.56. The Morgan fingerprint density at radius 1 is 1.18 bits per heavy atom. The number of nitrogens with one attached hydrogen (secondary N) is 1. The molecule has 0 aliphatic carbocycles. The van der Waals surface area contributed by atoms with E-state index in [4.69, 9.17) is 21.1 Å². The Kier molecular flexibility index (Phi) is 7.29. The van der Waals surface area contributed by atoms with E-state index in [1.807, 2.05) is 0 Å². The summed E-state index contributed by atoms with van der Waals surface area (Å²) in [7, 11) is 0.993. The third kappa shape index (κ3) is 4.77. The number of benzene rings is 2. The predicted octanol–water partition coefficient (Wildman–Crippen LogP) is 4.92. The summed E-state index contributed by atoms with van der Waals surface area (Å²) in [6.07, 6.45) is -5.36. The standard InChI is InChI=1S/C22H18ClF5N2O4/c1-3-34-10-21(32,22(26,27)28)20(13-4-6-14(23)18(25)19(13)33-2)30-16-9-11(24)8-15-12(16)5-7-17(31)29-15/h4-9,32H,3,10H2,1-2H3,(H,29,31)/b30-20-. The molecule has 0 aliphatic heterocycles. The van der Waals surface area contributed by atoms with Gasteiger partial charge in [0.25, 0.3) is 0 Å². The smallest absolute Gasteiger partial charge is 0.425 e. The number of fused-ring (bicyclic) bond motifs is 1. The van der Waals surface area contributed by atoms with Gasteiger partial charge in [0.15, 0.2) is 11.6 Å². The van der Waals surface area contributed by atoms with Crippen LogP contribution < -0.4 is 10.3 Å². The molecule has 0 amide bonds. The summed E-state index contributed by atoms with van der Waals surface area (Å²) in [6, 6.07) is 5.99. The number of nitrogens with zero attached hydrogens (tertiary/aromatic N) is 1. The first-order chi connectivity index (χ1) is 15.9. The zero-order chi connectivity index (χ0) is 25.3. The van der Waals surface area contributed by atoms with Gasteiger partial charge in [0.05, 0.1) is 35.7 Å². The number of halogens is 6. The van der Waals surface area contributed by atoms with E-state index >= 15 is 0 Å². The number of hydrogen-bond donors (Lipinski definition) is 2. The molecule has 2 N–H and O–H groups in total. The molecule has 0 fully saturated rings. The molecule has 182 valence electrons. The van der Waals surface area contributed by atoms with Gasteiger partial charge in [-0.3, -0.25) is 4.79 Å². The Bertz CT molecular complexity index is 1310. The largest absolute Gasteiger partial charge is 0.493 e. The lowest BCUT2D eigenvalue weighted by Gasteiger charge is -2.32. The van der Waals surface area contributed by atoms with Gasteiger partial charge < -0.3 is 19.6 Å². The van der Waals surface area contributed by atoms with E-state index in [0.717, 1.165) is 37.4 Å². The summed E-state index contributed by atoms with van der Waals surface area (Å²) in [5.41, 5.74) is -6.50. The van der Waals surface area contributed by atoms with Gasteiger partial charge in [0, 0.05) is 29.7 Å². The summed E-state index contributed by atoms with van der Waals surface area (Å²) in [6.45, 7) is -0.0855. The van der Waals surface area contributed by atoms with Gasteiger partial charge in [0.1, 0.15) is 5.82 Å². The van der Waals surface area contributed by atoms with Crippen LogP contribution in [0.2, 0.25) is 5.02 Å². The molecule has 3 aromatic rings. The van der Waals surface area contributed by atoms with Crippen molar-refractivity contribution < 1.29 is 36.5 Å². The maximum absolute atomic E-state index is 14.7.